The summed E-state index contributed by atoms with van der Waals surface area (Å²) in [5, 5.41) is 6.10. The van der Waals surface area contributed by atoms with Gasteiger partial charge in [0, 0.05) is 24.5 Å². The number of aromatic amines is 1. The van der Waals surface area contributed by atoms with Crippen LogP contribution in [0.4, 0.5) is 23.7 Å². The van der Waals surface area contributed by atoms with E-state index in [-0.39, 0.29) is 5.75 Å². The Morgan fingerprint density at radius 2 is 1.85 bits per heavy atom. The molecule has 9 heteroatoms. The van der Waals surface area contributed by atoms with Crippen molar-refractivity contribution in [3.8, 4) is 16.9 Å². The van der Waals surface area contributed by atoms with Gasteiger partial charge in [-0.1, -0.05) is 23.7 Å². The maximum atomic E-state index is 12.9. The number of halogens is 4. The van der Waals surface area contributed by atoms with Gasteiger partial charge in [-0.25, -0.2) is 4.79 Å². The van der Waals surface area contributed by atoms with Gasteiger partial charge in [0.1, 0.15) is 5.75 Å². The Hall–Kier alpha value is -3.00. The highest BCUT2D eigenvalue weighted by atomic mass is 35.5. The molecule has 5 nitrogen and oxygen atoms in total. The molecule has 0 aliphatic rings. The van der Waals surface area contributed by atoms with Crippen LogP contribution in [0.2, 0.25) is 5.02 Å². The minimum atomic E-state index is -4.64. The third-order valence-electron chi connectivity index (χ3n) is 3.81. The topological polar surface area (TPSA) is 58.2 Å². The fourth-order valence-electron chi connectivity index (χ4n) is 2.35. The van der Waals surface area contributed by atoms with Crippen LogP contribution >= 0.6 is 11.6 Å². The monoisotopic (exact) mass is 395 g/mol. The van der Waals surface area contributed by atoms with Crippen molar-refractivity contribution in [3.05, 3.63) is 65.4 Å². The lowest BCUT2D eigenvalue weighted by atomic mass is 10.1. The summed E-state index contributed by atoms with van der Waals surface area (Å²) >= 11 is 5.56. The minimum absolute atomic E-state index is 0.251. The molecule has 0 saturated carbocycles. The summed E-state index contributed by atoms with van der Waals surface area (Å²) in [6.45, 7) is 0. The molecule has 140 valence electrons. The highest BCUT2D eigenvalue weighted by Crippen LogP contribution is 2.36. The van der Waals surface area contributed by atoms with Crippen LogP contribution in [0.15, 0.2) is 54.9 Å². The van der Waals surface area contributed by atoms with Crippen LogP contribution in [0, 0.1) is 0 Å². The molecule has 1 N–H and O–H groups in total. The van der Waals surface area contributed by atoms with E-state index in [4.69, 9.17) is 16.3 Å². The summed E-state index contributed by atoms with van der Waals surface area (Å²) in [5.74, 6) is -0.251. The molecular weight excluding hydrogens is 383 g/mol. The summed E-state index contributed by atoms with van der Waals surface area (Å²) in [4.78, 5) is 13.4. The average molecular weight is 396 g/mol. The quantitative estimate of drug-likeness (QED) is 0.647. The largest absolute Gasteiger partial charge is 0.419 e. The normalized spacial score (nSPS) is 11.3. The molecule has 0 atom stereocenters. The number of rotatable bonds is 3. The maximum Gasteiger partial charge on any atom is 0.419 e. The first-order valence-electron chi connectivity index (χ1n) is 7.67. The molecule has 1 aromatic heterocycles. The number of carbonyl (C=O) groups is 1. The van der Waals surface area contributed by atoms with Gasteiger partial charge in [0.2, 0.25) is 0 Å². The van der Waals surface area contributed by atoms with E-state index < -0.39 is 22.9 Å². The molecule has 0 bridgehead atoms. The molecule has 3 aromatic rings. The number of anilines is 1. The molecule has 1 heterocycles. The molecule has 0 unspecified atom stereocenters. The molecule has 0 aliphatic heterocycles. The zero-order valence-corrected chi connectivity index (χ0v) is 14.7. The fraction of sp³-hybridized carbons (Fsp3) is 0.111. The second-order valence-corrected chi connectivity index (χ2v) is 6.01. The highest BCUT2D eigenvalue weighted by Gasteiger charge is 2.33. The molecule has 0 saturated heterocycles. The first-order chi connectivity index (χ1) is 12.8. The number of hydrogen-bond acceptors (Lipinski definition) is 3. The lowest BCUT2D eigenvalue weighted by Crippen LogP contribution is -2.29. The van der Waals surface area contributed by atoms with Gasteiger partial charge < -0.3 is 4.74 Å². The lowest BCUT2D eigenvalue weighted by Gasteiger charge is -2.18. The standard InChI is InChI=1S/C18H13ClF3N3O2/c1-25(13-4-2-11(3-5-13)12-9-23-24-10-12)17(26)27-14-6-7-16(19)15(8-14)18(20,21)22/h2-10H,1H3,(H,23,24). The summed E-state index contributed by atoms with van der Waals surface area (Å²) < 4.78 is 43.7. The third-order valence-corrected chi connectivity index (χ3v) is 4.14. The van der Waals surface area contributed by atoms with E-state index in [9.17, 15) is 18.0 Å². The van der Waals surface area contributed by atoms with Crippen molar-refractivity contribution in [1.29, 1.82) is 0 Å². The molecule has 0 spiro atoms. The van der Waals surface area contributed by atoms with Gasteiger partial charge in [-0.05, 0) is 35.9 Å². The van der Waals surface area contributed by atoms with E-state index in [0.717, 1.165) is 17.2 Å². The molecule has 0 aliphatic carbocycles. The number of alkyl halides is 3. The predicted octanol–water partition coefficient (Wildman–Crippen LogP) is 5.38. The van der Waals surface area contributed by atoms with Crippen LogP contribution in [-0.4, -0.2) is 23.3 Å². The number of benzene rings is 2. The van der Waals surface area contributed by atoms with E-state index in [2.05, 4.69) is 10.2 Å². The summed E-state index contributed by atoms with van der Waals surface area (Å²) in [6, 6.07) is 9.87. The van der Waals surface area contributed by atoms with Gasteiger partial charge in [-0.15, -0.1) is 0 Å². The summed E-state index contributed by atoms with van der Waals surface area (Å²) in [7, 11) is 1.45. The number of ether oxygens (including phenoxy) is 1. The van der Waals surface area contributed by atoms with Crippen molar-refractivity contribution in [2.75, 3.05) is 11.9 Å². The Bertz CT molecular complexity index is 941. The van der Waals surface area contributed by atoms with Crippen LogP contribution in [0.5, 0.6) is 5.75 Å². The zero-order valence-electron chi connectivity index (χ0n) is 13.9. The zero-order chi connectivity index (χ0) is 19.6. The lowest BCUT2D eigenvalue weighted by molar-refractivity contribution is -0.137. The number of aromatic nitrogens is 2. The third kappa shape index (κ3) is 4.22. The molecule has 3 rings (SSSR count). The van der Waals surface area contributed by atoms with E-state index in [1.54, 1.807) is 36.7 Å². The van der Waals surface area contributed by atoms with Crippen molar-refractivity contribution in [3.63, 3.8) is 0 Å². The van der Waals surface area contributed by atoms with E-state index in [0.29, 0.717) is 11.8 Å². The fourth-order valence-corrected chi connectivity index (χ4v) is 2.57. The predicted molar refractivity (Wildman–Crippen MR) is 94.9 cm³/mol. The Morgan fingerprint density at radius 3 is 2.44 bits per heavy atom. The number of H-pyrrole nitrogens is 1. The van der Waals surface area contributed by atoms with Gasteiger partial charge in [-0.2, -0.15) is 18.3 Å². The van der Waals surface area contributed by atoms with Crippen molar-refractivity contribution in [1.82, 2.24) is 10.2 Å². The van der Waals surface area contributed by atoms with Gasteiger partial charge in [0.15, 0.2) is 0 Å². The second-order valence-electron chi connectivity index (χ2n) is 5.60. The summed E-state index contributed by atoms with van der Waals surface area (Å²) in [6.07, 6.45) is -2.09. The van der Waals surface area contributed by atoms with E-state index >= 15 is 0 Å². The highest BCUT2D eigenvalue weighted by molar-refractivity contribution is 6.31. The van der Waals surface area contributed by atoms with Gasteiger partial charge >= 0.3 is 12.3 Å². The first kappa shape index (κ1) is 18.8. The van der Waals surface area contributed by atoms with Crippen LogP contribution in [0.1, 0.15) is 5.56 Å². The van der Waals surface area contributed by atoms with Crippen LogP contribution < -0.4 is 9.64 Å². The molecule has 0 radical (unpaired) electrons. The number of amides is 1. The Morgan fingerprint density at radius 1 is 1.15 bits per heavy atom. The average Bonchev–Trinajstić information content (AvgIpc) is 3.16. The van der Waals surface area contributed by atoms with Gasteiger partial charge in [0.25, 0.3) is 0 Å². The Labute approximate surface area is 157 Å². The second kappa shape index (κ2) is 7.32. The van der Waals surface area contributed by atoms with Crippen molar-refractivity contribution < 1.29 is 22.7 Å². The van der Waals surface area contributed by atoms with Crippen LogP contribution in [0.3, 0.4) is 0 Å². The number of nitrogens with zero attached hydrogens (tertiary/aromatic N) is 2. The maximum absolute atomic E-state index is 12.9. The molecular formula is C18H13ClF3N3O2. The van der Waals surface area contributed by atoms with Gasteiger partial charge in [-0.3, -0.25) is 10.00 Å². The summed E-state index contributed by atoms with van der Waals surface area (Å²) in [5.41, 5.74) is 1.22. The van der Waals surface area contributed by atoms with E-state index in [1.165, 1.54) is 18.0 Å². The van der Waals surface area contributed by atoms with Crippen molar-refractivity contribution in [2.45, 2.75) is 6.18 Å². The van der Waals surface area contributed by atoms with Gasteiger partial charge in [0.05, 0.1) is 16.8 Å². The number of hydrogen-bond donors (Lipinski definition) is 1. The number of carbonyl (C=O) groups excluding carboxylic acids is 1. The number of nitrogens with one attached hydrogen (secondary N) is 1. The van der Waals surface area contributed by atoms with Crippen LogP contribution in [-0.2, 0) is 6.18 Å². The SMILES string of the molecule is CN(C(=O)Oc1ccc(Cl)c(C(F)(F)F)c1)c1ccc(-c2cn[nH]c2)cc1. The Kier molecular flexibility index (Phi) is 5.09. The minimum Gasteiger partial charge on any atom is -0.410 e. The van der Waals surface area contributed by atoms with Crippen LogP contribution in [0.25, 0.3) is 11.1 Å². The first-order valence-corrected chi connectivity index (χ1v) is 8.05. The molecule has 27 heavy (non-hydrogen) atoms. The van der Waals surface area contributed by atoms with Crippen molar-refractivity contribution in [2.24, 2.45) is 0 Å². The van der Waals surface area contributed by atoms with E-state index in [1.807, 2.05) is 0 Å². The molecule has 1 amide bonds. The molecule has 2 aromatic carbocycles. The smallest absolute Gasteiger partial charge is 0.410 e. The van der Waals surface area contributed by atoms with Crippen molar-refractivity contribution >= 4 is 23.4 Å². The molecule has 0 fully saturated rings. The Balaban J connectivity index is 1.74.